The number of aromatic nitrogens is 1. The zero-order valence-corrected chi connectivity index (χ0v) is 10.8. The Balaban J connectivity index is 1.54. The lowest BCUT2D eigenvalue weighted by Gasteiger charge is -2.04. The Bertz CT molecular complexity index is 566. The summed E-state index contributed by atoms with van der Waals surface area (Å²) in [6, 6.07) is 5.94. The first-order valence-electron chi connectivity index (χ1n) is 6.38. The van der Waals surface area contributed by atoms with Gasteiger partial charge in [-0.05, 0) is 17.7 Å². The fourth-order valence-electron chi connectivity index (χ4n) is 1.96. The normalized spacial score (nSPS) is 12.9. The number of benzene rings is 1. The lowest BCUT2D eigenvalue weighted by Crippen LogP contribution is -2.12. The molecule has 0 bridgehead atoms. The topological polar surface area (TPSA) is 56.5 Å². The Labute approximate surface area is 111 Å². The smallest absolute Gasteiger partial charge is 0.231 e. The van der Waals surface area contributed by atoms with Crippen LogP contribution in [-0.4, -0.2) is 11.8 Å². The van der Waals surface area contributed by atoms with Crippen molar-refractivity contribution in [3.8, 4) is 11.5 Å². The molecule has 0 atom stereocenters. The van der Waals surface area contributed by atoms with Crippen LogP contribution in [0.2, 0.25) is 0 Å². The number of rotatable bonds is 5. The summed E-state index contributed by atoms with van der Waals surface area (Å²) in [5.41, 5.74) is 1.14. The highest BCUT2D eigenvalue weighted by atomic mass is 16.7. The summed E-state index contributed by atoms with van der Waals surface area (Å²) in [6.45, 7) is 3.71. The van der Waals surface area contributed by atoms with Crippen LogP contribution in [0.3, 0.4) is 0 Å². The first-order chi connectivity index (χ1) is 9.35. The second kappa shape index (κ2) is 5.32. The fraction of sp³-hybridized carbons (Fsp3) is 0.357. The number of hydrogen-bond acceptors (Lipinski definition) is 5. The van der Waals surface area contributed by atoms with E-state index in [1.165, 1.54) is 0 Å². The first kappa shape index (κ1) is 12.0. The molecule has 1 aromatic carbocycles. The zero-order valence-electron chi connectivity index (χ0n) is 10.8. The van der Waals surface area contributed by atoms with E-state index in [2.05, 4.69) is 10.3 Å². The third-order valence-electron chi connectivity index (χ3n) is 2.99. The van der Waals surface area contributed by atoms with Crippen LogP contribution in [-0.2, 0) is 19.5 Å². The lowest BCUT2D eigenvalue weighted by molar-refractivity contribution is 0.174. The molecule has 0 saturated heterocycles. The monoisotopic (exact) mass is 260 g/mol. The van der Waals surface area contributed by atoms with E-state index in [-0.39, 0.29) is 0 Å². The highest BCUT2D eigenvalue weighted by Crippen LogP contribution is 2.32. The minimum atomic E-state index is 0.308. The predicted molar refractivity (Wildman–Crippen MR) is 69.0 cm³/mol. The summed E-state index contributed by atoms with van der Waals surface area (Å²) in [6.07, 6.45) is 2.65. The van der Waals surface area contributed by atoms with Crippen molar-refractivity contribution in [2.75, 3.05) is 6.79 Å². The van der Waals surface area contributed by atoms with Gasteiger partial charge in [0, 0.05) is 13.0 Å². The van der Waals surface area contributed by atoms with Crippen LogP contribution < -0.4 is 14.8 Å². The highest BCUT2D eigenvalue weighted by molar-refractivity contribution is 5.44. The van der Waals surface area contributed by atoms with Gasteiger partial charge in [-0.3, -0.25) is 0 Å². The summed E-state index contributed by atoms with van der Waals surface area (Å²) in [4.78, 5) is 4.20. The van der Waals surface area contributed by atoms with E-state index >= 15 is 0 Å². The molecule has 0 amide bonds. The summed E-state index contributed by atoms with van der Waals surface area (Å²) >= 11 is 0. The van der Waals surface area contributed by atoms with Crippen LogP contribution in [0.25, 0.3) is 0 Å². The molecule has 1 aliphatic rings. The van der Waals surface area contributed by atoms with Crippen molar-refractivity contribution in [3.63, 3.8) is 0 Å². The van der Waals surface area contributed by atoms with Crippen LogP contribution in [0, 0.1) is 0 Å². The predicted octanol–water partition coefficient (Wildman–Crippen LogP) is 2.26. The van der Waals surface area contributed by atoms with Gasteiger partial charge in [-0.1, -0.05) is 13.0 Å². The molecule has 0 spiro atoms. The highest BCUT2D eigenvalue weighted by Gasteiger charge is 2.12. The van der Waals surface area contributed by atoms with Gasteiger partial charge in [0.25, 0.3) is 0 Å². The molecule has 2 heterocycles. The third-order valence-corrected chi connectivity index (χ3v) is 2.99. The van der Waals surface area contributed by atoms with E-state index in [1.54, 1.807) is 6.20 Å². The summed E-state index contributed by atoms with van der Waals surface area (Å²) < 4.78 is 16.1. The third kappa shape index (κ3) is 2.71. The molecular weight excluding hydrogens is 244 g/mol. The van der Waals surface area contributed by atoms with Gasteiger partial charge >= 0.3 is 0 Å². The molecule has 5 nitrogen and oxygen atoms in total. The first-order valence-corrected chi connectivity index (χ1v) is 6.38. The summed E-state index contributed by atoms with van der Waals surface area (Å²) in [5, 5.41) is 3.29. The minimum Gasteiger partial charge on any atom is -0.454 e. The van der Waals surface area contributed by atoms with Crippen LogP contribution >= 0.6 is 0 Å². The van der Waals surface area contributed by atoms with Crippen molar-refractivity contribution >= 4 is 0 Å². The van der Waals surface area contributed by atoms with E-state index in [1.807, 2.05) is 25.1 Å². The number of nitrogens with zero attached hydrogens (tertiary/aromatic N) is 1. The molecule has 1 aliphatic heterocycles. The molecule has 2 aromatic rings. The maximum absolute atomic E-state index is 5.53. The van der Waals surface area contributed by atoms with Crippen molar-refractivity contribution in [2.24, 2.45) is 0 Å². The molecule has 0 fully saturated rings. The number of ether oxygens (including phenoxy) is 2. The largest absolute Gasteiger partial charge is 0.454 e. The summed E-state index contributed by atoms with van der Waals surface area (Å²) in [7, 11) is 0. The van der Waals surface area contributed by atoms with Gasteiger partial charge in [-0.25, -0.2) is 4.98 Å². The molecule has 1 aromatic heterocycles. The van der Waals surface area contributed by atoms with Gasteiger partial charge in [-0.15, -0.1) is 0 Å². The maximum Gasteiger partial charge on any atom is 0.231 e. The quantitative estimate of drug-likeness (QED) is 0.893. The van der Waals surface area contributed by atoms with Gasteiger partial charge in [0.1, 0.15) is 5.76 Å². The van der Waals surface area contributed by atoms with Gasteiger partial charge < -0.3 is 19.2 Å². The van der Waals surface area contributed by atoms with Gasteiger partial charge in [0.2, 0.25) is 12.7 Å². The van der Waals surface area contributed by atoms with Crippen LogP contribution in [0.15, 0.2) is 28.8 Å². The standard InChI is InChI=1S/C14H16N2O3/c1-2-11-7-16-14(19-11)8-15-6-10-3-4-12-13(5-10)18-9-17-12/h3-5,7,15H,2,6,8-9H2,1H3. The Morgan fingerprint density at radius 2 is 2.11 bits per heavy atom. The van der Waals surface area contributed by atoms with E-state index < -0.39 is 0 Å². The second-order valence-corrected chi connectivity index (χ2v) is 4.37. The molecule has 0 aliphatic carbocycles. The Morgan fingerprint density at radius 3 is 2.95 bits per heavy atom. The molecule has 0 radical (unpaired) electrons. The van der Waals surface area contributed by atoms with Crippen molar-refractivity contribution in [1.82, 2.24) is 10.3 Å². The van der Waals surface area contributed by atoms with Gasteiger partial charge in [-0.2, -0.15) is 0 Å². The van der Waals surface area contributed by atoms with Crippen molar-refractivity contribution in [1.29, 1.82) is 0 Å². The Hall–Kier alpha value is -2.01. The average Bonchev–Trinajstić information content (AvgIpc) is 3.06. The second-order valence-electron chi connectivity index (χ2n) is 4.37. The van der Waals surface area contributed by atoms with Crippen LogP contribution in [0.1, 0.15) is 24.1 Å². The molecule has 0 unspecified atom stereocenters. The van der Waals surface area contributed by atoms with Gasteiger partial charge in [0.05, 0.1) is 12.7 Å². The number of aryl methyl sites for hydroxylation is 1. The molecule has 0 saturated carbocycles. The van der Waals surface area contributed by atoms with Crippen molar-refractivity contribution < 1.29 is 13.9 Å². The number of hydrogen-bond donors (Lipinski definition) is 1. The van der Waals surface area contributed by atoms with E-state index in [9.17, 15) is 0 Å². The van der Waals surface area contributed by atoms with Crippen molar-refractivity contribution in [2.45, 2.75) is 26.4 Å². The lowest BCUT2D eigenvalue weighted by atomic mass is 10.2. The molecular formula is C14H16N2O3. The molecule has 19 heavy (non-hydrogen) atoms. The number of nitrogens with one attached hydrogen (secondary N) is 1. The minimum absolute atomic E-state index is 0.308. The van der Waals surface area contributed by atoms with Crippen molar-refractivity contribution in [3.05, 3.63) is 41.6 Å². The van der Waals surface area contributed by atoms with Crippen LogP contribution in [0.4, 0.5) is 0 Å². The molecule has 1 N–H and O–H groups in total. The fourth-order valence-corrected chi connectivity index (χ4v) is 1.96. The zero-order chi connectivity index (χ0) is 13.1. The number of oxazole rings is 1. The summed E-state index contributed by atoms with van der Waals surface area (Å²) in [5.74, 6) is 3.25. The Morgan fingerprint density at radius 1 is 1.21 bits per heavy atom. The number of fused-ring (bicyclic) bond motifs is 1. The molecule has 3 rings (SSSR count). The van der Waals surface area contributed by atoms with E-state index in [4.69, 9.17) is 13.9 Å². The molecule has 5 heteroatoms. The van der Waals surface area contributed by atoms with Gasteiger partial charge in [0.15, 0.2) is 11.5 Å². The van der Waals surface area contributed by atoms with E-state index in [0.29, 0.717) is 13.3 Å². The van der Waals surface area contributed by atoms with E-state index in [0.717, 1.165) is 41.7 Å². The average molecular weight is 260 g/mol. The maximum atomic E-state index is 5.53. The SMILES string of the molecule is CCc1cnc(CNCc2ccc3c(c2)OCO3)o1. The Kier molecular flexibility index (Phi) is 3.37. The van der Waals surface area contributed by atoms with Crippen LogP contribution in [0.5, 0.6) is 11.5 Å². The molecule has 100 valence electrons.